The Hall–Kier alpha value is -1.82. The summed E-state index contributed by atoms with van der Waals surface area (Å²) in [7, 11) is 0. The minimum Gasteiger partial charge on any atom is -0.460 e. The highest BCUT2D eigenvalue weighted by Crippen LogP contribution is 2.41. The lowest BCUT2D eigenvalue weighted by molar-refractivity contribution is 0.0512. The number of aromatic nitrogens is 3. The largest absolute Gasteiger partial charge is 0.460 e. The van der Waals surface area contributed by atoms with Gasteiger partial charge in [-0.05, 0) is 18.6 Å². The van der Waals surface area contributed by atoms with E-state index in [1.54, 1.807) is 18.7 Å². The predicted molar refractivity (Wildman–Crippen MR) is 71.3 cm³/mol. The van der Waals surface area contributed by atoms with Gasteiger partial charge in [0.25, 0.3) is 5.82 Å². The number of esters is 1. The van der Waals surface area contributed by atoms with Crippen LogP contribution in [-0.2, 0) is 4.74 Å². The summed E-state index contributed by atoms with van der Waals surface area (Å²) in [4.78, 5) is 17.1. The number of nitrogens with one attached hydrogen (secondary N) is 1. The maximum absolute atomic E-state index is 11.5. The van der Waals surface area contributed by atoms with Crippen LogP contribution in [0.4, 0.5) is 0 Å². The molecular weight excluding hydrogens is 262 g/mol. The molecule has 0 saturated carbocycles. The van der Waals surface area contributed by atoms with Crippen LogP contribution in [0.1, 0.15) is 34.8 Å². The molecule has 0 aliphatic carbocycles. The molecule has 1 atom stereocenters. The predicted octanol–water partition coefficient (Wildman–Crippen LogP) is 2.22. The number of hydrogen-bond donors (Lipinski definition) is 1. The summed E-state index contributed by atoms with van der Waals surface area (Å²) in [5, 5.41) is 6.78. The van der Waals surface area contributed by atoms with Gasteiger partial charge in [0.05, 0.1) is 12.5 Å². The van der Waals surface area contributed by atoms with Crippen LogP contribution >= 0.6 is 11.8 Å². The molecule has 1 unspecified atom stereocenters. The Kier molecular flexibility index (Phi) is 3.25. The highest BCUT2D eigenvalue weighted by Gasteiger charge is 2.28. The number of rotatable bonds is 3. The minimum atomic E-state index is -0.482. The Morgan fingerprint density at radius 2 is 2.37 bits per heavy atom. The normalized spacial score (nSPS) is 17.2. The third-order valence-electron chi connectivity index (χ3n) is 2.99. The highest BCUT2D eigenvalue weighted by molar-refractivity contribution is 7.99. The molecule has 0 spiro atoms. The molecule has 0 radical (unpaired) electrons. The van der Waals surface area contributed by atoms with Gasteiger partial charge in [-0.15, -0.1) is 16.9 Å². The SMILES string of the molecule is CCOC(=O)c1n[nH]c(C2CSc3ccccc32)n1. The first-order chi connectivity index (χ1) is 9.29. The zero-order valence-electron chi connectivity index (χ0n) is 10.4. The van der Waals surface area contributed by atoms with E-state index in [-0.39, 0.29) is 11.7 Å². The third-order valence-corrected chi connectivity index (χ3v) is 4.17. The molecule has 1 N–H and O–H groups in total. The van der Waals surface area contributed by atoms with Gasteiger partial charge < -0.3 is 4.74 Å². The van der Waals surface area contributed by atoms with Gasteiger partial charge in [0.2, 0.25) is 0 Å². The molecule has 1 aliphatic heterocycles. The first kappa shape index (κ1) is 12.2. The van der Waals surface area contributed by atoms with Crippen LogP contribution in [-0.4, -0.2) is 33.5 Å². The second-order valence-corrected chi connectivity index (χ2v) is 5.23. The molecule has 0 amide bonds. The van der Waals surface area contributed by atoms with E-state index in [9.17, 15) is 4.79 Å². The lowest BCUT2D eigenvalue weighted by Gasteiger charge is -2.05. The third kappa shape index (κ3) is 2.23. The molecule has 2 aromatic rings. The van der Waals surface area contributed by atoms with Crippen molar-refractivity contribution in [1.82, 2.24) is 15.2 Å². The molecule has 0 bridgehead atoms. The van der Waals surface area contributed by atoms with Crippen LogP contribution in [0.5, 0.6) is 0 Å². The van der Waals surface area contributed by atoms with Gasteiger partial charge in [-0.3, -0.25) is 5.10 Å². The van der Waals surface area contributed by atoms with Crippen molar-refractivity contribution in [3.05, 3.63) is 41.5 Å². The number of nitrogens with zero attached hydrogens (tertiary/aromatic N) is 2. The maximum Gasteiger partial charge on any atom is 0.378 e. The monoisotopic (exact) mass is 275 g/mol. The van der Waals surface area contributed by atoms with Crippen LogP contribution < -0.4 is 0 Å². The van der Waals surface area contributed by atoms with Gasteiger partial charge in [0.15, 0.2) is 0 Å². The van der Waals surface area contributed by atoms with E-state index < -0.39 is 5.97 Å². The zero-order valence-corrected chi connectivity index (χ0v) is 11.2. The van der Waals surface area contributed by atoms with Gasteiger partial charge in [-0.25, -0.2) is 9.78 Å². The van der Waals surface area contributed by atoms with Crippen LogP contribution in [0, 0.1) is 0 Å². The fourth-order valence-corrected chi connectivity index (χ4v) is 3.34. The summed E-state index contributed by atoms with van der Waals surface area (Å²) in [6.45, 7) is 2.08. The van der Waals surface area contributed by atoms with Crippen molar-refractivity contribution < 1.29 is 9.53 Å². The summed E-state index contributed by atoms with van der Waals surface area (Å²) >= 11 is 1.79. The Morgan fingerprint density at radius 3 is 3.21 bits per heavy atom. The van der Waals surface area contributed by atoms with Crippen LogP contribution in [0.15, 0.2) is 29.2 Å². The van der Waals surface area contributed by atoms with E-state index in [4.69, 9.17) is 4.74 Å². The quantitative estimate of drug-likeness (QED) is 0.870. The van der Waals surface area contributed by atoms with Crippen molar-refractivity contribution in [3.63, 3.8) is 0 Å². The van der Waals surface area contributed by atoms with E-state index in [2.05, 4.69) is 27.3 Å². The molecule has 0 fully saturated rings. The van der Waals surface area contributed by atoms with Crippen molar-refractivity contribution in [3.8, 4) is 0 Å². The molecule has 1 aliphatic rings. The van der Waals surface area contributed by atoms with Gasteiger partial charge in [0, 0.05) is 10.6 Å². The second-order valence-electron chi connectivity index (χ2n) is 4.17. The van der Waals surface area contributed by atoms with Crippen molar-refractivity contribution >= 4 is 17.7 Å². The van der Waals surface area contributed by atoms with E-state index >= 15 is 0 Å². The first-order valence-corrected chi connectivity index (χ1v) is 7.09. The van der Waals surface area contributed by atoms with Crippen molar-refractivity contribution in [2.45, 2.75) is 17.7 Å². The van der Waals surface area contributed by atoms with E-state index in [0.29, 0.717) is 6.61 Å². The zero-order chi connectivity index (χ0) is 13.2. The average Bonchev–Trinajstić information content (AvgIpc) is 3.05. The van der Waals surface area contributed by atoms with E-state index in [1.807, 2.05) is 12.1 Å². The Morgan fingerprint density at radius 1 is 1.53 bits per heavy atom. The molecule has 2 heterocycles. The summed E-state index contributed by atoms with van der Waals surface area (Å²) in [6.07, 6.45) is 0. The van der Waals surface area contributed by atoms with Gasteiger partial charge in [-0.2, -0.15) is 0 Å². The van der Waals surface area contributed by atoms with Crippen molar-refractivity contribution in [1.29, 1.82) is 0 Å². The Balaban J connectivity index is 1.87. The van der Waals surface area contributed by atoms with Crippen molar-refractivity contribution in [2.24, 2.45) is 0 Å². The molecule has 5 nitrogen and oxygen atoms in total. The van der Waals surface area contributed by atoms with Crippen LogP contribution in [0.2, 0.25) is 0 Å². The maximum atomic E-state index is 11.5. The molecule has 0 saturated heterocycles. The van der Waals surface area contributed by atoms with E-state index in [1.165, 1.54) is 10.5 Å². The van der Waals surface area contributed by atoms with Crippen molar-refractivity contribution in [2.75, 3.05) is 12.4 Å². The fraction of sp³-hybridized carbons (Fsp3) is 0.308. The van der Waals surface area contributed by atoms with Crippen LogP contribution in [0.3, 0.4) is 0 Å². The number of thioether (sulfide) groups is 1. The number of hydrogen-bond acceptors (Lipinski definition) is 5. The molecule has 1 aromatic heterocycles. The molecule has 98 valence electrons. The lowest BCUT2D eigenvalue weighted by Crippen LogP contribution is -2.07. The smallest absolute Gasteiger partial charge is 0.378 e. The van der Waals surface area contributed by atoms with Gasteiger partial charge >= 0.3 is 5.97 Å². The summed E-state index contributed by atoms with van der Waals surface area (Å²) in [5.74, 6) is 1.42. The summed E-state index contributed by atoms with van der Waals surface area (Å²) in [6, 6.07) is 8.23. The minimum absolute atomic E-state index is 0.103. The topological polar surface area (TPSA) is 67.9 Å². The molecule has 19 heavy (non-hydrogen) atoms. The summed E-state index contributed by atoms with van der Waals surface area (Å²) < 4.78 is 4.88. The number of ether oxygens (including phenoxy) is 1. The lowest BCUT2D eigenvalue weighted by atomic mass is 10.0. The molecule has 6 heteroatoms. The van der Waals surface area contributed by atoms with E-state index in [0.717, 1.165) is 11.6 Å². The molecular formula is C13H13N3O2S. The average molecular weight is 275 g/mol. The standard InChI is InChI=1S/C13H13N3O2S/c1-2-18-13(17)12-14-11(15-16-12)9-7-19-10-6-4-3-5-8(9)10/h3-6,9H,2,7H2,1H3,(H,14,15,16). The summed E-state index contributed by atoms with van der Waals surface area (Å²) in [5.41, 5.74) is 1.24. The number of benzene rings is 1. The number of carbonyl (C=O) groups excluding carboxylic acids is 1. The number of carbonyl (C=O) groups is 1. The fourth-order valence-electron chi connectivity index (χ4n) is 2.11. The van der Waals surface area contributed by atoms with Gasteiger partial charge in [0.1, 0.15) is 5.82 Å². The number of fused-ring (bicyclic) bond motifs is 1. The highest BCUT2D eigenvalue weighted by atomic mass is 32.2. The number of H-pyrrole nitrogens is 1. The Bertz CT molecular complexity index is 611. The van der Waals surface area contributed by atoms with Gasteiger partial charge in [-0.1, -0.05) is 18.2 Å². The second kappa shape index (κ2) is 5.05. The molecule has 1 aromatic carbocycles. The molecule has 3 rings (SSSR count). The van der Waals surface area contributed by atoms with Crippen LogP contribution in [0.25, 0.3) is 0 Å². The Labute approximate surface area is 114 Å². The number of aromatic amines is 1. The first-order valence-electron chi connectivity index (χ1n) is 6.10.